The van der Waals surface area contributed by atoms with Crippen molar-refractivity contribution in [2.75, 3.05) is 40.4 Å². The number of nitrogens with zero attached hydrogens (tertiary/aromatic N) is 1. The standard InChI is InChI=1S/C16H24N2O4S/c1-12-8-13(21-2)14(22-3)9-15(12)23(19,20)18-7-5-16(11-18)4-6-17-10-16/h8-9,17H,4-7,10-11H2,1-3H3. The maximum atomic E-state index is 13.1. The number of benzene rings is 1. The summed E-state index contributed by atoms with van der Waals surface area (Å²) in [6.45, 7) is 4.85. The molecule has 7 heteroatoms. The lowest BCUT2D eigenvalue weighted by molar-refractivity contribution is 0.337. The fourth-order valence-electron chi connectivity index (χ4n) is 3.62. The number of methoxy groups -OCH3 is 2. The average Bonchev–Trinajstić information content (AvgIpc) is 3.17. The van der Waals surface area contributed by atoms with Crippen molar-refractivity contribution in [3.63, 3.8) is 0 Å². The largest absolute Gasteiger partial charge is 0.493 e. The minimum absolute atomic E-state index is 0.109. The van der Waals surface area contributed by atoms with Gasteiger partial charge in [-0.1, -0.05) is 0 Å². The monoisotopic (exact) mass is 340 g/mol. The van der Waals surface area contributed by atoms with Crippen LogP contribution in [0, 0.1) is 12.3 Å². The van der Waals surface area contributed by atoms with Crippen LogP contribution in [0.15, 0.2) is 17.0 Å². The summed E-state index contributed by atoms with van der Waals surface area (Å²) in [5.74, 6) is 0.981. The average molecular weight is 340 g/mol. The molecule has 2 aliphatic heterocycles. The van der Waals surface area contributed by atoms with E-state index in [0.717, 1.165) is 25.9 Å². The van der Waals surface area contributed by atoms with Crippen LogP contribution in [0.5, 0.6) is 11.5 Å². The smallest absolute Gasteiger partial charge is 0.243 e. The van der Waals surface area contributed by atoms with Gasteiger partial charge in [0.2, 0.25) is 10.0 Å². The summed E-state index contributed by atoms with van der Waals surface area (Å²) in [7, 11) is -0.463. The van der Waals surface area contributed by atoms with Gasteiger partial charge in [-0.3, -0.25) is 0 Å². The highest BCUT2D eigenvalue weighted by Crippen LogP contribution is 2.40. The van der Waals surface area contributed by atoms with Crippen LogP contribution in [0.3, 0.4) is 0 Å². The zero-order chi connectivity index (χ0) is 16.7. The zero-order valence-electron chi connectivity index (χ0n) is 13.9. The number of ether oxygens (including phenoxy) is 2. The molecule has 6 nitrogen and oxygen atoms in total. The van der Waals surface area contributed by atoms with Crippen LogP contribution in [0.2, 0.25) is 0 Å². The van der Waals surface area contributed by atoms with Crippen molar-refractivity contribution in [2.24, 2.45) is 5.41 Å². The molecule has 1 unspecified atom stereocenters. The van der Waals surface area contributed by atoms with Crippen molar-refractivity contribution < 1.29 is 17.9 Å². The van der Waals surface area contributed by atoms with E-state index in [1.54, 1.807) is 30.5 Å². The Morgan fingerprint density at radius 1 is 1.17 bits per heavy atom. The van der Waals surface area contributed by atoms with E-state index >= 15 is 0 Å². The third-order valence-electron chi connectivity index (χ3n) is 5.03. The molecule has 2 fully saturated rings. The third-order valence-corrected chi connectivity index (χ3v) is 7.02. The molecule has 1 spiro atoms. The fraction of sp³-hybridized carbons (Fsp3) is 0.625. The van der Waals surface area contributed by atoms with E-state index in [0.29, 0.717) is 35.0 Å². The Kier molecular flexibility index (Phi) is 4.29. The molecule has 2 saturated heterocycles. The van der Waals surface area contributed by atoms with Gasteiger partial charge in [0.1, 0.15) is 0 Å². The first-order chi connectivity index (χ1) is 10.9. The molecular formula is C16H24N2O4S. The molecule has 0 radical (unpaired) electrons. The van der Waals surface area contributed by atoms with Crippen molar-refractivity contribution in [1.29, 1.82) is 0 Å². The highest BCUT2D eigenvalue weighted by Gasteiger charge is 2.44. The SMILES string of the molecule is COc1cc(C)c(S(=O)(=O)N2CCC3(CCNC3)C2)cc1OC. The molecule has 0 amide bonds. The predicted molar refractivity (Wildman–Crippen MR) is 87.6 cm³/mol. The van der Waals surface area contributed by atoms with Gasteiger partial charge in [-0.25, -0.2) is 8.42 Å². The van der Waals surface area contributed by atoms with Gasteiger partial charge in [0.05, 0.1) is 19.1 Å². The number of hydrogen-bond donors (Lipinski definition) is 1. The Morgan fingerprint density at radius 3 is 2.48 bits per heavy atom. The molecule has 0 bridgehead atoms. The minimum Gasteiger partial charge on any atom is -0.493 e. The molecule has 1 atom stereocenters. The topological polar surface area (TPSA) is 67.9 Å². The molecule has 1 aromatic carbocycles. The Hall–Kier alpha value is -1.31. The summed E-state index contributed by atoms with van der Waals surface area (Å²) in [4.78, 5) is 0.304. The first-order valence-corrected chi connectivity index (χ1v) is 9.29. The summed E-state index contributed by atoms with van der Waals surface area (Å²) in [6.07, 6.45) is 1.97. The van der Waals surface area contributed by atoms with Gasteiger partial charge in [-0.2, -0.15) is 4.31 Å². The summed E-state index contributed by atoms with van der Waals surface area (Å²) in [5.41, 5.74) is 0.783. The van der Waals surface area contributed by atoms with E-state index in [1.807, 2.05) is 0 Å². The Morgan fingerprint density at radius 2 is 1.87 bits per heavy atom. The lowest BCUT2D eigenvalue weighted by atomic mass is 9.87. The van der Waals surface area contributed by atoms with Crippen LogP contribution in [-0.4, -0.2) is 53.1 Å². The van der Waals surface area contributed by atoms with Gasteiger partial charge < -0.3 is 14.8 Å². The van der Waals surface area contributed by atoms with Gasteiger partial charge >= 0.3 is 0 Å². The molecule has 1 aromatic rings. The second kappa shape index (κ2) is 5.96. The fourth-order valence-corrected chi connectivity index (χ4v) is 5.40. The van der Waals surface area contributed by atoms with Gasteiger partial charge in [0.15, 0.2) is 11.5 Å². The maximum Gasteiger partial charge on any atom is 0.243 e. The quantitative estimate of drug-likeness (QED) is 0.897. The second-order valence-electron chi connectivity index (χ2n) is 6.49. The van der Waals surface area contributed by atoms with Crippen molar-refractivity contribution in [3.8, 4) is 11.5 Å². The van der Waals surface area contributed by atoms with Gasteiger partial charge in [-0.05, 0) is 43.4 Å². The number of hydrogen-bond acceptors (Lipinski definition) is 5. The lowest BCUT2D eigenvalue weighted by Gasteiger charge is -2.23. The van der Waals surface area contributed by atoms with Gasteiger partial charge in [0.25, 0.3) is 0 Å². The molecule has 0 aromatic heterocycles. The second-order valence-corrected chi connectivity index (χ2v) is 8.39. The molecule has 0 saturated carbocycles. The number of rotatable bonds is 4. The van der Waals surface area contributed by atoms with Crippen molar-refractivity contribution in [3.05, 3.63) is 17.7 Å². The minimum atomic E-state index is -3.52. The summed E-state index contributed by atoms with van der Waals surface area (Å²) in [5, 5.41) is 3.35. The summed E-state index contributed by atoms with van der Waals surface area (Å²) >= 11 is 0. The van der Waals surface area contributed by atoms with E-state index in [-0.39, 0.29) is 5.41 Å². The number of sulfonamides is 1. The van der Waals surface area contributed by atoms with Crippen molar-refractivity contribution in [1.82, 2.24) is 9.62 Å². The van der Waals surface area contributed by atoms with Crippen LogP contribution in [0.25, 0.3) is 0 Å². The van der Waals surface area contributed by atoms with Gasteiger partial charge in [-0.15, -0.1) is 0 Å². The van der Waals surface area contributed by atoms with Crippen molar-refractivity contribution >= 4 is 10.0 Å². The number of nitrogens with one attached hydrogen (secondary N) is 1. The Bertz CT molecular complexity index is 696. The Balaban J connectivity index is 1.94. The Labute approximate surface area is 137 Å². The molecular weight excluding hydrogens is 316 g/mol. The van der Waals surface area contributed by atoms with Gasteiger partial charge in [0, 0.05) is 25.7 Å². The van der Waals surface area contributed by atoms with E-state index in [1.165, 1.54) is 7.11 Å². The molecule has 2 aliphatic rings. The van der Waals surface area contributed by atoms with Crippen LogP contribution in [-0.2, 0) is 10.0 Å². The summed E-state index contributed by atoms with van der Waals surface area (Å²) in [6, 6.07) is 3.29. The van der Waals surface area contributed by atoms with E-state index in [9.17, 15) is 8.42 Å². The maximum absolute atomic E-state index is 13.1. The van der Waals surface area contributed by atoms with E-state index in [2.05, 4.69) is 5.32 Å². The molecule has 2 heterocycles. The van der Waals surface area contributed by atoms with E-state index < -0.39 is 10.0 Å². The molecule has 3 rings (SSSR count). The number of aryl methyl sites for hydroxylation is 1. The predicted octanol–water partition coefficient (Wildman–Crippen LogP) is 1.39. The first-order valence-electron chi connectivity index (χ1n) is 7.85. The first kappa shape index (κ1) is 16.5. The van der Waals surface area contributed by atoms with E-state index in [4.69, 9.17) is 9.47 Å². The molecule has 128 valence electrons. The van der Waals surface area contributed by atoms with Crippen molar-refractivity contribution in [2.45, 2.75) is 24.7 Å². The normalized spacial score (nSPS) is 25.2. The highest BCUT2D eigenvalue weighted by atomic mass is 32.2. The summed E-state index contributed by atoms with van der Waals surface area (Å²) < 4.78 is 38.3. The van der Waals surface area contributed by atoms with Crippen LogP contribution in [0.4, 0.5) is 0 Å². The lowest BCUT2D eigenvalue weighted by Crippen LogP contribution is -2.33. The molecule has 23 heavy (non-hydrogen) atoms. The third kappa shape index (κ3) is 2.81. The van der Waals surface area contributed by atoms with Crippen LogP contribution >= 0.6 is 0 Å². The van der Waals surface area contributed by atoms with Crippen LogP contribution < -0.4 is 14.8 Å². The molecule has 1 N–H and O–H groups in total. The van der Waals surface area contributed by atoms with Crippen LogP contribution in [0.1, 0.15) is 18.4 Å². The zero-order valence-corrected chi connectivity index (χ0v) is 14.7. The molecule has 0 aliphatic carbocycles. The highest BCUT2D eigenvalue weighted by molar-refractivity contribution is 7.89.